The summed E-state index contributed by atoms with van der Waals surface area (Å²) in [6, 6.07) is -0.908. The Bertz CT molecular complexity index is 237. The van der Waals surface area contributed by atoms with Gasteiger partial charge in [-0.3, -0.25) is 4.79 Å². The molecule has 0 heterocycles. The van der Waals surface area contributed by atoms with Crippen molar-refractivity contribution in [3.05, 3.63) is 0 Å². The number of nitrogens with one attached hydrogen (secondary N) is 1. The zero-order valence-corrected chi connectivity index (χ0v) is 8.32. The number of hydrogen-bond acceptors (Lipinski definition) is 3. The van der Waals surface area contributed by atoms with Gasteiger partial charge in [-0.25, -0.2) is 4.79 Å². The molecule has 2 N–H and O–H groups in total. The first-order valence-corrected chi connectivity index (χ1v) is 4.70. The van der Waals surface area contributed by atoms with Crippen molar-refractivity contribution in [1.29, 1.82) is 0 Å². The second kappa shape index (κ2) is 4.30. The number of carboxylic acid groups (broad SMARTS) is 1. The van der Waals surface area contributed by atoms with Crippen molar-refractivity contribution in [2.75, 3.05) is 0 Å². The van der Waals surface area contributed by atoms with Crippen LogP contribution in [-0.2, 0) is 9.53 Å². The average molecular weight is 201 g/mol. The minimum absolute atomic E-state index is 0.115. The first-order chi connectivity index (χ1) is 6.50. The Kier molecular flexibility index (Phi) is 3.33. The highest BCUT2D eigenvalue weighted by atomic mass is 16.6. The minimum atomic E-state index is -1.07. The van der Waals surface area contributed by atoms with Crippen LogP contribution in [0.15, 0.2) is 0 Å². The number of carbonyl (C=O) groups is 2. The lowest BCUT2D eigenvalue weighted by molar-refractivity contribution is -0.138. The molecule has 0 aromatic heterocycles. The number of rotatable bonds is 4. The van der Waals surface area contributed by atoms with Crippen LogP contribution in [0.2, 0.25) is 0 Å². The topological polar surface area (TPSA) is 75.6 Å². The molecular formula is C9H15NO4. The Labute approximate surface area is 82.4 Å². The largest absolute Gasteiger partial charge is 0.480 e. The van der Waals surface area contributed by atoms with Crippen LogP contribution in [0.3, 0.4) is 0 Å². The molecule has 1 aliphatic rings. The van der Waals surface area contributed by atoms with E-state index in [1.807, 2.05) is 6.92 Å². The average Bonchev–Trinajstić information content (AvgIpc) is 2.85. The highest BCUT2D eigenvalue weighted by Gasteiger charge is 2.31. The summed E-state index contributed by atoms with van der Waals surface area (Å²) in [4.78, 5) is 21.5. The van der Waals surface area contributed by atoms with Gasteiger partial charge < -0.3 is 15.2 Å². The predicted molar refractivity (Wildman–Crippen MR) is 48.9 cm³/mol. The van der Waals surface area contributed by atoms with Crippen LogP contribution in [0.25, 0.3) is 0 Å². The van der Waals surface area contributed by atoms with Crippen LogP contribution in [0.5, 0.6) is 0 Å². The fourth-order valence-corrected chi connectivity index (χ4v) is 1.10. The SMILES string of the molecule is CC(NC(=O)OC(C)C1CC1)C(=O)O. The van der Waals surface area contributed by atoms with Crippen LogP contribution < -0.4 is 5.32 Å². The molecule has 1 rings (SSSR count). The maximum atomic E-state index is 11.1. The molecule has 0 spiro atoms. The molecule has 0 aromatic rings. The van der Waals surface area contributed by atoms with E-state index in [0.717, 1.165) is 12.8 Å². The minimum Gasteiger partial charge on any atom is -0.480 e. The molecule has 1 amide bonds. The summed E-state index contributed by atoms with van der Waals surface area (Å²) in [7, 11) is 0. The first kappa shape index (κ1) is 10.8. The van der Waals surface area contributed by atoms with Gasteiger partial charge in [-0.15, -0.1) is 0 Å². The number of ether oxygens (including phenoxy) is 1. The standard InChI is InChI=1S/C9H15NO4/c1-5(8(11)12)10-9(13)14-6(2)7-3-4-7/h5-7H,3-4H2,1-2H3,(H,10,13)(H,11,12). The molecule has 1 fully saturated rings. The van der Waals surface area contributed by atoms with Gasteiger partial charge >= 0.3 is 12.1 Å². The van der Waals surface area contributed by atoms with E-state index >= 15 is 0 Å². The number of hydrogen-bond donors (Lipinski definition) is 2. The molecule has 80 valence electrons. The van der Waals surface area contributed by atoms with Gasteiger partial charge in [0, 0.05) is 0 Å². The molecule has 0 aromatic carbocycles. The van der Waals surface area contributed by atoms with Crippen molar-refractivity contribution >= 4 is 12.1 Å². The molecule has 0 saturated heterocycles. The van der Waals surface area contributed by atoms with Gasteiger partial charge in [0.2, 0.25) is 0 Å². The van der Waals surface area contributed by atoms with Crippen LogP contribution in [0.1, 0.15) is 26.7 Å². The number of carbonyl (C=O) groups excluding carboxylic acids is 1. The summed E-state index contributed by atoms with van der Waals surface area (Å²) in [6.07, 6.45) is 1.40. The third-order valence-corrected chi connectivity index (χ3v) is 2.28. The van der Waals surface area contributed by atoms with Crippen molar-refractivity contribution in [1.82, 2.24) is 5.32 Å². The molecule has 5 nitrogen and oxygen atoms in total. The van der Waals surface area contributed by atoms with Crippen molar-refractivity contribution in [3.8, 4) is 0 Å². The molecule has 1 saturated carbocycles. The molecule has 0 bridgehead atoms. The van der Waals surface area contributed by atoms with E-state index in [2.05, 4.69) is 5.32 Å². The molecular weight excluding hydrogens is 186 g/mol. The van der Waals surface area contributed by atoms with E-state index in [1.54, 1.807) is 0 Å². The highest BCUT2D eigenvalue weighted by molar-refractivity contribution is 5.79. The fourth-order valence-electron chi connectivity index (χ4n) is 1.10. The first-order valence-electron chi connectivity index (χ1n) is 4.70. The van der Waals surface area contributed by atoms with Gasteiger partial charge in [0.25, 0.3) is 0 Å². The molecule has 1 aliphatic carbocycles. The third kappa shape index (κ3) is 3.24. The van der Waals surface area contributed by atoms with E-state index in [1.165, 1.54) is 6.92 Å². The number of carboxylic acids is 1. The summed E-state index contributed by atoms with van der Waals surface area (Å²) in [5.41, 5.74) is 0. The van der Waals surface area contributed by atoms with Crippen LogP contribution >= 0.6 is 0 Å². The van der Waals surface area contributed by atoms with Gasteiger partial charge in [0.1, 0.15) is 12.1 Å². The maximum Gasteiger partial charge on any atom is 0.408 e. The van der Waals surface area contributed by atoms with Gasteiger partial charge in [-0.05, 0) is 32.6 Å². The van der Waals surface area contributed by atoms with Gasteiger partial charge in [-0.2, -0.15) is 0 Å². The van der Waals surface area contributed by atoms with E-state index in [4.69, 9.17) is 9.84 Å². The lowest BCUT2D eigenvalue weighted by Crippen LogP contribution is -2.40. The summed E-state index contributed by atoms with van der Waals surface area (Å²) >= 11 is 0. The second-order valence-electron chi connectivity index (χ2n) is 3.65. The normalized spacial score (nSPS) is 19.6. The third-order valence-electron chi connectivity index (χ3n) is 2.28. The molecule has 14 heavy (non-hydrogen) atoms. The Morgan fingerprint density at radius 2 is 2.00 bits per heavy atom. The lowest BCUT2D eigenvalue weighted by Gasteiger charge is -2.14. The maximum absolute atomic E-state index is 11.1. The van der Waals surface area contributed by atoms with Gasteiger partial charge in [-0.1, -0.05) is 0 Å². The quantitative estimate of drug-likeness (QED) is 0.711. The second-order valence-corrected chi connectivity index (χ2v) is 3.65. The Hall–Kier alpha value is -1.26. The zero-order valence-electron chi connectivity index (χ0n) is 8.32. The van der Waals surface area contributed by atoms with E-state index in [-0.39, 0.29) is 6.10 Å². The molecule has 0 radical (unpaired) electrons. The van der Waals surface area contributed by atoms with E-state index in [0.29, 0.717) is 5.92 Å². The Balaban J connectivity index is 2.24. The molecule has 2 atom stereocenters. The number of alkyl carbamates (subject to hydrolysis) is 1. The smallest absolute Gasteiger partial charge is 0.408 e. The van der Waals surface area contributed by atoms with Crippen molar-refractivity contribution < 1.29 is 19.4 Å². The van der Waals surface area contributed by atoms with Crippen LogP contribution in [0, 0.1) is 5.92 Å². The summed E-state index contributed by atoms with van der Waals surface area (Å²) in [5.74, 6) is -0.609. The molecule has 0 aliphatic heterocycles. The molecule has 5 heteroatoms. The van der Waals surface area contributed by atoms with E-state index in [9.17, 15) is 9.59 Å². The fraction of sp³-hybridized carbons (Fsp3) is 0.778. The molecule has 2 unspecified atom stereocenters. The van der Waals surface area contributed by atoms with Crippen molar-refractivity contribution in [2.24, 2.45) is 5.92 Å². The van der Waals surface area contributed by atoms with Gasteiger partial charge in [0.05, 0.1) is 0 Å². The highest BCUT2D eigenvalue weighted by Crippen LogP contribution is 2.33. The van der Waals surface area contributed by atoms with E-state index < -0.39 is 18.1 Å². The van der Waals surface area contributed by atoms with Gasteiger partial charge in [0.15, 0.2) is 0 Å². The Morgan fingerprint density at radius 3 is 2.43 bits per heavy atom. The number of aliphatic carboxylic acids is 1. The van der Waals surface area contributed by atoms with Crippen LogP contribution in [0.4, 0.5) is 4.79 Å². The zero-order chi connectivity index (χ0) is 10.7. The van der Waals surface area contributed by atoms with Crippen LogP contribution in [-0.4, -0.2) is 29.3 Å². The predicted octanol–water partition coefficient (Wildman–Crippen LogP) is 0.984. The number of amides is 1. The monoisotopic (exact) mass is 201 g/mol. The Morgan fingerprint density at radius 1 is 1.43 bits per heavy atom. The summed E-state index contributed by atoms with van der Waals surface area (Å²) in [6.45, 7) is 3.22. The summed E-state index contributed by atoms with van der Waals surface area (Å²) < 4.78 is 4.98. The summed E-state index contributed by atoms with van der Waals surface area (Å²) in [5, 5.41) is 10.7. The lowest BCUT2D eigenvalue weighted by atomic mass is 10.3. The van der Waals surface area contributed by atoms with Crippen molar-refractivity contribution in [2.45, 2.75) is 38.8 Å². The van der Waals surface area contributed by atoms with Crippen molar-refractivity contribution in [3.63, 3.8) is 0 Å².